The molecule has 1 aromatic heterocycles. The van der Waals surface area contributed by atoms with Crippen LogP contribution in [-0.2, 0) is 4.79 Å². The van der Waals surface area contributed by atoms with Crippen molar-refractivity contribution < 1.29 is 14.3 Å². The van der Waals surface area contributed by atoms with Crippen LogP contribution in [0.25, 0.3) is 5.57 Å². The lowest BCUT2D eigenvalue weighted by atomic mass is 9.43. The highest BCUT2D eigenvalue weighted by Gasteiger charge is 2.67. The van der Waals surface area contributed by atoms with Crippen molar-refractivity contribution in [2.24, 2.45) is 28.6 Å². The van der Waals surface area contributed by atoms with Gasteiger partial charge in [-0.2, -0.15) is 0 Å². The van der Waals surface area contributed by atoms with Gasteiger partial charge in [0.05, 0.1) is 0 Å². The fraction of sp³-hybridized carbons (Fsp3) is 0.667. The number of rotatable bonds is 1. The standard InChI is InChI=1S/C24H30FNO2/c1-22-9-8-20-17(19(22)6-5-18(22)15-4-3-11-26-14-15)12-21(25)24(28)13-16(27)7-10-23(20,24)2/h3-5,11,14,17,19-21,28H,6-10,12-13H2,1-2H3/t17?,19?,20?,21?,22-,23-,24?/m1/s1. The molecule has 5 unspecified atom stereocenters. The normalized spacial score (nSPS) is 47.7. The number of fused-ring (bicyclic) bond motifs is 5. The van der Waals surface area contributed by atoms with Crippen LogP contribution < -0.4 is 0 Å². The Morgan fingerprint density at radius 2 is 2.07 bits per heavy atom. The molecule has 7 atom stereocenters. The zero-order valence-electron chi connectivity index (χ0n) is 16.8. The summed E-state index contributed by atoms with van der Waals surface area (Å²) in [5.74, 6) is 0.969. The van der Waals surface area contributed by atoms with E-state index in [2.05, 4.69) is 31.0 Å². The number of Topliss-reactive ketones (excluding diaryl/α,β-unsaturated/α-hetero) is 1. The molecular weight excluding hydrogens is 353 g/mol. The molecule has 3 saturated carbocycles. The van der Waals surface area contributed by atoms with Gasteiger partial charge in [0.2, 0.25) is 0 Å². The van der Waals surface area contributed by atoms with E-state index in [1.807, 2.05) is 12.3 Å². The third kappa shape index (κ3) is 2.24. The molecule has 28 heavy (non-hydrogen) atoms. The molecule has 4 aliphatic carbocycles. The Morgan fingerprint density at radius 1 is 1.25 bits per heavy atom. The maximum absolute atomic E-state index is 15.5. The number of ketones is 1. The van der Waals surface area contributed by atoms with Crippen molar-refractivity contribution >= 4 is 11.4 Å². The predicted octanol–water partition coefficient (Wildman–Crippen LogP) is 4.75. The highest BCUT2D eigenvalue weighted by molar-refractivity contribution is 5.81. The van der Waals surface area contributed by atoms with E-state index in [1.54, 1.807) is 6.20 Å². The molecule has 3 fully saturated rings. The van der Waals surface area contributed by atoms with Crippen LogP contribution in [0.5, 0.6) is 0 Å². The van der Waals surface area contributed by atoms with Crippen molar-refractivity contribution in [3.8, 4) is 0 Å². The van der Waals surface area contributed by atoms with Crippen LogP contribution in [0.2, 0.25) is 0 Å². The van der Waals surface area contributed by atoms with E-state index in [0.717, 1.165) is 19.3 Å². The fourth-order valence-corrected chi connectivity index (χ4v) is 7.56. The molecule has 0 amide bonds. The number of allylic oxidation sites excluding steroid dienone is 2. The third-order valence-corrected chi connectivity index (χ3v) is 9.18. The van der Waals surface area contributed by atoms with Gasteiger partial charge in [-0.15, -0.1) is 0 Å². The first-order valence-electron chi connectivity index (χ1n) is 10.8. The number of halogens is 1. The first-order chi connectivity index (χ1) is 13.3. The molecule has 150 valence electrons. The Morgan fingerprint density at radius 3 is 2.82 bits per heavy atom. The number of aromatic nitrogens is 1. The van der Waals surface area contributed by atoms with Gasteiger partial charge in [0.25, 0.3) is 0 Å². The van der Waals surface area contributed by atoms with E-state index in [0.29, 0.717) is 25.2 Å². The average molecular weight is 384 g/mol. The van der Waals surface area contributed by atoms with E-state index < -0.39 is 17.2 Å². The molecule has 3 nitrogen and oxygen atoms in total. The van der Waals surface area contributed by atoms with Gasteiger partial charge in [0.1, 0.15) is 17.6 Å². The van der Waals surface area contributed by atoms with Crippen LogP contribution in [0.15, 0.2) is 30.6 Å². The van der Waals surface area contributed by atoms with Crippen molar-refractivity contribution in [2.45, 2.75) is 70.6 Å². The summed E-state index contributed by atoms with van der Waals surface area (Å²) >= 11 is 0. The zero-order valence-corrected chi connectivity index (χ0v) is 16.8. The summed E-state index contributed by atoms with van der Waals surface area (Å²) in [4.78, 5) is 16.4. The Kier molecular flexibility index (Phi) is 3.94. The van der Waals surface area contributed by atoms with Crippen molar-refractivity contribution in [1.29, 1.82) is 0 Å². The summed E-state index contributed by atoms with van der Waals surface area (Å²) in [6.45, 7) is 4.41. The molecule has 5 rings (SSSR count). The fourth-order valence-electron chi connectivity index (χ4n) is 7.56. The SMILES string of the molecule is C[C@]12CCC3C(CC(F)C4(O)CC(=O)CC[C@]34C)C1CC=C2c1cccnc1. The van der Waals surface area contributed by atoms with Gasteiger partial charge in [-0.1, -0.05) is 26.0 Å². The summed E-state index contributed by atoms with van der Waals surface area (Å²) in [6, 6.07) is 4.11. The minimum atomic E-state index is -1.48. The number of aliphatic hydroxyl groups is 1. The number of nitrogens with zero attached hydrogens (tertiary/aromatic N) is 1. The van der Waals surface area contributed by atoms with E-state index >= 15 is 4.39 Å². The largest absolute Gasteiger partial charge is 0.386 e. The monoisotopic (exact) mass is 383 g/mol. The lowest BCUT2D eigenvalue weighted by molar-refractivity contribution is -0.229. The van der Waals surface area contributed by atoms with Gasteiger partial charge in [-0.25, -0.2) is 4.39 Å². The zero-order chi connectivity index (χ0) is 19.7. The van der Waals surface area contributed by atoms with Gasteiger partial charge in [0, 0.05) is 30.7 Å². The van der Waals surface area contributed by atoms with Crippen LogP contribution in [0.4, 0.5) is 4.39 Å². The maximum Gasteiger partial charge on any atom is 0.135 e. The maximum atomic E-state index is 15.5. The van der Waals surface area contributed by atoms with Crippen molar-refractivity contribution in [2.75, 3.05) is 0 Å². The second kappa shape index (κ2) is 5.98. The van der Waals surface area contributed by atoms with E-state index in [9.17, 15) is 9.90 Å². The first kappa shape index (κ1) is 18.5. The molecule has 0 aliphatic heterocycles. The quantitative estimate of drug-likeness (QED) is 0.761. The summed E-state index contributed by atoms with van der Waals surface area (Å²) in [7, 11) is 0. The Bertz CT molecular complexity index is 838. The van der Waals surface area contributed by atoms with Gasteiger partial charge in [-0.3, -0.25) is 9.78 Å². The molecule has 0 radical (unpaired) electrons. The van der Waals surface area contributed by atoms with E-state index in [4.69, 9.17) is 0 Å². The van der Waals surface area contributed by atoms with Crippen molar-refractivity contribution in [3.63, 3.8) is 0 Å². The summed E-state index contributed by atoms with van der Waals surface area (Å²) in [6.07, 6.45) is 9.29. The lowest BCUT2D eigenvalue weighted by Gasteiger charge is -2.63. The molecular formula is C24H30FNO2. The highest BCUT2D eigenvalue weighted by Crippen LogP contribution is 2.68. The molecule has 0 spiro atoms. The molecule has 0 aromatic carbocycles. The molecule has 1 aromatic rings. The predicted molar refractivity (Wildman–Crippen MR) is 106 cm³/mol. The Labute approximate surface area is 166 Å². The van der Waals surface area contributed by atoms with E-state index in [-0.39, 0.29) is 29.5 Å². The number of hydrogen-bond acceptors (Lipinski definition) is 3. The van der Waals surface area contributed by atoms with Crippen LogP contribution >= 0.6 is 0 Å². The minimum absolute atomic E-state index is 0.00495. The molecule has 0 bridgehead atoms. The smallest absolute Gasteiger partial charge is 0.135 e. The van der Waals surface area contributed by atoms with Gasteiger partial charge in [-0.05, 0) is 72.5 Å². The minimum Gasteiger partial charge on any atom is -0.386 e. The van der Waals surface area contributed by atoms with Gasteiger partial charge in [0.15, 0.2) is 0 Å². The van der Waals surface area contributed by atoms with Crippen LogP contribution in [0.3, 0.4) is 0 Å². The van der Waals surface area contributed by atoms with Crippen LogP contribution in [0.1, 0.15) is 64.4 Å². The number of carbonyl (C=O) groups excluding carboxylic acids is 1. The number of carbonyl (C=O) groups is 1. The molecule has 1 N–H and O–H groups in total. The number of hydrogen-bond donors (Lipinski definition) is 1. The average Bonchev–Trinajstić information content (AvgIpc) is 3.03. The first-order valence-corrected chi connectivity index (χ1v) is 10.8. The Hall–Kier alpha value is -1.55. The van der Waals surface area contributed by atoms with Crippen molar-refractivity contribution in [3.05, 3.63) is 36.2 Å². The molecule has 4 heteroatoms. The third-order valence-electron chi connectivity index (χ3n) is 9.18. The van der Waals surface area contributed by atoms with Crippen LogP contribution in [0, 0.1) is 28.6 Å². The van der Waals surface area contributed by atoms with E-state index in [1.165, 1.54) is 11.1 Å². The summed E-state index contributed by atoms with van der Waals surface area (Å²) in [5, 5.41) is 11.3. The second-order valence-corrected chi connectivity index (χ2v) is 10.2. The second-order valence-electron chi connectivity index (χ2n) is 10.2. The summed E-state index contributed by atoms with van der Waals surface area (Å²) in [5.41, 5.74) is 0.617. The van der Waals surface area contributed by atoms with Crippen molar-refractivity contribution in [1.82, 2.24) is 4.98 Å². The topological polar surface area (TPSA) is 50.2 Å². The Balaban J connectivity index is 1.50. The number of alkyl halides is 1. The lowest BCUT2D eigenvalue weighted by Crippen LogP contribution is -2.67. The highest BCUT2D eigenvalue weighted by atomic mass is 19.1. The van der Waals surface area contributed by atoms with Gasteiger partial charge < -0.3 is 5.11 Å². The molecule has 1 heterocycles. The van der Waals surface area contributed by atoms with Crippen LogP contribution in [-0.4, -0.2) is 27.6 Å². The number of pyridine rings is 1. The molecule has 0 saturated heterocycles. The molecule has 4 aliphatic rings. The van der Waals surface area contributed by atoms with Gasteiger partial charge >= 0.3 is 0 Å². The summed E-state index contributed by atoms with van der Waals surface area (Å²) < 4.78 is 15.5.